The molecule has 0 aliphatic heterocycles. The van der Waals surface area contributed by atoms with Crippen molar-refractivity contribution in [1.82, 2.24) is 0 Å². The van der Waals surface area contributed by atoms with Crippen LogP contribution in [0.4, 0.5) is 5.69 Å². The molecule has 0 unspecified atom stereocenters. The number of benzene rings is 2. The smallest absolute Gasteiger partial charge is 0.265 e. The minimum atomic E-state index is -3.63. The van der Waals surface area contributed by atoms with Gasteiger partial charge in [0.25, 0.3) is 5.91 Å². The molecule has 0 aliphatic carbocycles. The number of anilines is 1. The molecule has 1 aromatic heterocycles. The molecule has 134 valence electrons. The van der Waals surface area contributed by atoms with E-state index in [1.807, 2.05) is 6.92 Å². The van der Waals surface area contributed by atoms with Crippen LogP contribution in [-0.4, -0.2) is 21.4 Å². The second-order valence-electron chi connectivity index (χ2n) is 5.62. The van der Waals surface area contributed by atoms with E-state index in [9.17, 15) is 13.2 Å². The number of ether oxygens (including phenoxy) is 1. The lowest BCUT2D eigenvalue weighted by atomic mass is 10.2. The van der Waals surface area contributed by atoms with Crippen molar-refractivity contribution in [3.8, 4) is 5.75 Å². The van der Waals surface area contributed by atoms with Gasteiger partial charge in [-0.25, -0.2) is 8.42 Å². The normalized spacial score (nSPS) is 11.2. The molecule has 0 spiro atoms. The molecule has 1 heterocycles. The van der Waals surface area contributed by atoms with Crippen LogP contribution < -0.4 is 10.1 Å². The Bertz CT molecular complexity index is 1040. The molecule has 3 aromatic rings. The highest BCUT2D eigenvalue weighted by atomic mass is 32.2. The fourth-order valence-electron chi connectivity index (χ4n) is 2.31. The Kier molecular flexibility index (Phi) is 5.11. The van der Waals surface area contributed by atoms with E-state index >= 15 is 0 Å². The van der Waals surface area contributed by atoms with Crippen LogP contribution in [0, 0.1) is 6.92 Å². The highest BCUT2D eigenvalue weighted by Crippen LogP contribution is 2.28. The fraction of sp³-hybridized carbons (Fsp3) is 0.105. The Hall–Kier alpha value is -2.64. The van der Waals surface area contributed by atoms with Crippen molar-refractivity contribution >= 4 is 32.8 Å². The number of hydrogen-bond acceptors (Lipinski definition) is 5. The number of carbonyl (C=O) groups is 1. The molecule has 2 aromatic carbocycles. The summed E-state index contributed by atoms with van der Waals surface area (Å²) in [6.07, 6.45) is 0. The summed E-state index contributed by atoms with van der Waals surface area (Å²) >= 11 is 0.945. The minimum Gasteiger partial charge on any atom is -0.497 e. The summed E-state index contributed by atoms with van der Waals surface area (Å²) in [7, 11) is -2.09. The van der Waals surface area contributed by atoms with E-state index in [2.05, 4.69) is 5.32 Å². The molecule has 26 heavy (non-hydrogen) atoms. The van der Waals surface area contributed by atoms with Crippen LogP contribution in [-0.2, 0) is 9.84 Å². The molecular formula is C19H17NO4S2. The molecule has 1 N–H and O–H groups in total. The maximum atomic E-state index is 12.7. The van der Waals surface area contributed by atoms with Crippen LogP contribution in [0.3, 0.4) is 0 Å². The summed E-state index contributed by atoms with van der Waals surface area (Å²) in [6.45, 7) is 1.89. The largest absolute Gasteiger partial charge is 0.497 e. The summed E-state index contributed by atoms with van der Waals surface area (Å²) in [5.41, 5.74) is 1.55. The van der Waals surface area contributed by atoms with Crippen LogP contribution in [0.25, 0.3) is 0 Å². The molecule has 0 saturated carbocycles. The van der Waals surface area contributed by atoms with Crippen LogP contribution in [0.5, 0.6) is 5.75 Å². The zero-order chi connectivity index (χ0) is 18.7. The average molecular weight is 387 g/mol. The van der Waals surface area contributed by atoms with Gasteiger partial charge in [-0.15, -0.1) is 11.3 Å². The standard InChI is InChI=1S/C19H17NO4S2/c1-13-6-8-16(9-7-13)26(22,23)18-11-10-17(25-18)19(21)20-14-4-3-5-15(12-14)24-2/h3-12H,1-2H3,(H,20,21). The van der Waals surface area contributed by atoms with Gasteiger partial charge in [0.15, 0.2) is 0 Å². The zero-order valence-electron chi connectivity index (χ0n) is 14.2. The van der Waals surface area contributed by atoms with E-state index in [0.717, 1.165) is 16.9 Å². The maximum absolute atomic E-state index is 12.7. The third-order valence-corrected chi connectivity index (χ3v) is 7.07. The first-order valence-corrected chi connectivity index (χ1v) is 10.1. The number of amides is 1. The number of nitrogens with one attached hydrogen (secondary N) is 1. The fourth-order valence-corrected chi connectivity index (χ4v) is 4.92. The highest BCUT2D eigenvalue weighted by molar-refractivity contribution is 7.93. The Balaban J connectivity index is 1.82. The molecule has 1 amide bonds. The van der Waals surface area contributed by atoms with Crippen molar-refractivity contribution in [2.45, 2.75) is 16.0 Å². The van der Waals surface area contributed by atoms with Gasteiger partial charge in [0.1, 0.15) is 9.96 Å². The molecule has 0 aliphatic rings. The number of thiophene rings is 1. The Morgan fingerprint density at radius 3 is 2.46 bits per heavy atom. The van der Waals surface area contributed by atoms with E-state index in [4.69, 9.17) is 4.74 Å². The van der Waals surface area contributed by atoms with Crippen molar-refractivity contribution < 1.29 is 17.9 Å². The molecule has 0 bridgehead atoms. The summed E-state index contributed by atoms with van der Waals surface area (Å²) in [4.78, 5) is 12.9. The van der Waals surface area contributed by atoms with Crippen molar-refractivity contribution in [1.29, 1.82) is 0 Å². The van der Waals surface area contributed by atoms with E-state index in [-0.39, 0.29) is 15.0 Å². The summed E-state index contributed by atoms with van der Waals surface area (Å²) in [5.74, 6) is 0.255. The maximum Gasteiger partial charge on any atom is 0.265 e. The van der Waals surface area contributed by atoms with Gasteiger partial charge < -0.3 is 10.1 Å². The van der Waals surface area contributed by atoms with Gasteiger partial charge in [0.2, 0.25) is 9.84 Å². The second kappa shape index (κ2) is 7.31. The molecule has 0 fully saturated rings. The predicted octanol–water partition coefficient (Wildman–Crippen LogP) is 4.15. The monoisotopic (exact) mass is 387 g/mol. The third-order valence-electron chi connectivity index (χ3n) is 3.73. The van der Waals surface area contributed by atoms with Crippen molar-refractivity contribution in [2.24, 2.45) is 0 Å². The highest BCUT2D eigenvalue weighted by Gasteiger charge is 2.21. The number of carbonyl (C=O) groups excluding carboxylic acids is 1. The molecule has 0 saturated heterocycles. The lowest BCUT2D eigenvalue weighted by Gasteiger charge is -2.05. The SMILES string of the molecule is COc1cccc(NC(=O)c2ccc(S(=O)(=O)c3ccc(C)cc3)s2)c1. The molecule has 5 nitrogen and oxygen atoms in total. The quantitative estimate of drug-likeness (QED) is 0.714. The predicted molar refractivity (Wildman–Crippen MR) is 102 cm³/mol. The Morgan fingerprint density at radius 2 is 1.77 bits per heavy atom. The molecule has 7 heteroatoms. The third kappa shape index (κ3) is 3.79. The van der Waals surface area contributed by atoms with Crippen molar-refractivity contribution in [2.75, 3.05) is 12.4 Å². The van der Waals surface area contributed by atoms with Crippen LogP contribution in [0.15, 0.2) is 69.8 Å². The van der Waals surface area contributed by atoms with E-state index in [1.165, 1.54) is 12.1 Å². The van der Waals surface area contributed by atoms with Gasteiger partial charge in [-0.2, -0.15) is 0 Å². The topological polar surface area (TPSA) is 72.5 Å². The van der Waals surface area contributed by atoms with Gasteiger partial charge in [0, 0.05) is 11.8 Å². The number of rotatable bonds is 5. The molecular weight excluding hydrogens is 370 g/mol. The first-order valence-electron chi connectivity index (χ1n) is 7.77. The first-order chi connectivity index (χ1) is 12.4. The molecule has 3 rings (SSSR count). The van der Waals surface area contributed by atoms with E-state index in [0.29, 0.717) is 16.3 Å². The number of hydrogen-bond donors (Lipinski definition) is 1. The van der Waals surface area contributed by atoms with Crippen LogP contribution in [0.1, 0.15) is 15.2 Å². The lowest BCUT2D eigenvalue weighted by Crippen LogP contribution is -2.10. The van der Waals surface area contributed by atoms with Crippen molar-refractivity contribution in [3.63, 3.8) is 0 Å². The Labute approximate surface area is 156 Å². The molecule has 0 atom stereocenters. The number of methoxy groups -OCH3 is 1. The van der Waals surface area contributed by atoms with Gasteiger partial charge >= 0.3 is 0 Å². The lowest BCUT2D eigenvalue weighted by molar-refractivity contribution is 0.103. The second-order valence-corrected chi connectivity index (χ2v) is 8.88. The average Bonchev–Trinajstić information content (AvgIpc) is 3.13. The minimum absolute atomic E-state index is 0.136. The Morgan fingerprint density at radius 1 is 1.04 bits per heavy atom. The van der Waals surface area contributed by atoms with Gasteiger partial charge in [-0.05, 0) is 43.3 Å². The summed E-state index contributed by atoms with van der Waals surface area (Å²) in [6, 6.07) is 16.6. The first kappa shape index (κ1) is 18.2. The molecule has 0 radical (unpaired) electrons. The van der Waals surface area contributed by atoms with Crippen LogP contribution in [0.2, 0.25) is 0 Å². The van der Waals surface area contributed by atoms with Gasteiger partial charge in [-0.3, -0.25) is 4.79 Å². The van der Waals surface area contributed by atoms with Gasteiger partial charge in [0.05, 0.1) is 16.9 Å². The van der Waals surface area contributed by atoms with Crippen LogP contribution >= 0.6 is 11.3 Å². The number of sulfone groups is 1. The zero-order valence-corrected chi connectivity index (χ0v) is 15.9. The van der Waals surface area contributed by atoms with E-state index in [1.54, 1.807) is 55.6 Å². The number of aryl methyl sites for hydroxylation is 1. The van der Waals surface area contributed by atoms with Crippen molar-refractivity contribution in [3.05, 3.63) is 71.1 Å². The summed E-state index contributed by atoms with van der Waals surface area (Å²) < 4.78 is 30.6. The van der Waals surface area contributed by atoms with Gasteiger partial charge in [-0.1, -0.05) is 23.8 Å². The van der Waals surface area contributed by atoms with E-state index < -0.39 is 9.84 Å². The summed E-state index contributed by atoms with van der Waals surface area (Å²) in [5, 5.41) is 2.74.